The second-order valence-electron chi connectivity index (χ2n) is 12.6. The maximum Gasteiger partial charge on any atom is 0.0619 e. The molecule has 43 heavy (non-hydrogen) atoms. The molecule has 1 N–H and O–H groups in total. The topological polar surface area (TPSA) is 20.7 Å². The highest BCUT2D eigenvalue weighted by atomic mass is 15.0. The summed E-state index contributed by atoms with van der Waals surface area (Å²) in [6, 6.07) is 47.3. The number of fused-ring (bicyclic) bond motifs is 14. The number of benzene rings is 7. The Balaban J connectivity index is 1.40. The van der Waals surface area contributed by atoms with Gasteiger partial charge in [-0.25, -0.2) is 0 Å². The first kappa shape index (κ1) is 23.2. The Labute approximate surface area is 248 Å². The molecule has 7 aromatic carbocycles. The van der Waals surface area contributed by atoms with Crippen LogP contribution in [0.25, 0.3) is 82.0 Å². The van der Waals surface area contributed by atoms with Crippen molar-refractivity contribution in [3.8, 4) is 16.8 Å². The van der Waals surface area contributed by atoms with E-state index in [1.165, 1.54) is 93.1 Å². The van der Waals surface area contributed by atoms with Gasteiger partial charge in [0.25, 0.3) is 0 Å². The van der Waals surface area contributed by atoms with Crippen LogP contribution in [0.3, 0.4) is 0 Å². The summed E-state index contributed by atoms with van der Waals surface area (Å²) < 4.78 is 2.52. The number of hydrogen-bond donors (Lipinski definition) is 1. The van der Waals surface area contributed by atoms with E-state index in [1.54, 1.807) is 0 Å². The van der Waals surface area contributed by atoms with E-state index in [0.717, 1.165) is 0 Å². The summed E-state index contributed by atoms with van der Waals surface area (Å²) in [7, 11) is 0. The number of hydrogen-bond acceptors (Lipinski definition) is 0. The van der Waals surface area contributed by atoms with Gasteiger partial charge in [0, 0.05) is 49.1 Å². The molecule has 2 aromatic heterocycles. The summed E-state index contributed by atoms with van der Waals surface area (Å²) in [5.41, 5.74) is 11.5. The molecule has 0 unspecified atom stereocenters. The molecule has 0 saturated carbocycles. The molecule has 0 aliphatic heterocycles. The van der Waals surface area contributed by atoms with E-state index in [2.05, 4.69) is 151 Å². The van der Waals surface area contributed by atoms with Gasteiger partial charge in [-0.3, -0.25) is 0 Å². The van der Waals surface area contributed by atoms with Gasteiger partial charge in [-0.2, -0.15) is 0 Å². The Morgan fingerprint density at radius 3 is 2.07 bits per heavy atom. The first-order valence-corrected chi connectivity index (χ1v) is 15.1. The van der Waals surface area contributed by atoms with Gasteiger partial charge in [-0.15, -0.1) is 0 Å². The number of aromatic amines is 1. The van der Waals surface area contributed by atoms with Crippen LogP contribution in [0.15, 0.2) is 127 Å². The fourth-order valence-corrected chi connectivity index (χ4v) is 8.12. The summed E-state index contributed by atoms with van der Waals surface area (Å²) in [4.78, 5) is 3.76. The summed E-state index contributed by atoms with van der Waals surface area (Å²) in [5, 5.41) is 10.3. The largest absolute Gasteiger partial charge is 0.354 e. The third kappa shape index (κ3) is 2.88. The van der Waals surface area contributed by atoms with Crippen LogP contribution in [0.5, 0.6) is 0 Å². The van der Waals surface area contributed by atoms with E-state index >= 15 is 0 Å². The molecule has 0 bridgehead atoms. The molecule has 10 rings (SSSR count). The van der Waals surface area contributed by atoms with E-state index in [1.807, 2.05) is 0 Å². The molecule has 0 fully saturated rings. The average Bonchev–Trinajstić information content (AvgIpc) is 3.67. The van der Waals surface area contributed by atoms with Crippen molar-refractivity contribution in [1.29, 1.82) is 0 Å². The van der Waals surface area contributed by atoms with Crippen molar-refractivity contribution in [2.24, 2.45) is 0 Å². The predicted molar refractivity (Wildman–Crippen MR) is 183 cm³/mol. The van der Waals surface area contributed by atoms with Gasteiger partial charge in [-0.05, 0) is 68.7 Å². The molecule has 2 nitrogen and oxygen atoms in total. The quantitative estimate of drug-likeness (QED) is 0.211. The van der Waals surface area contributed by atoms with E-state index in [0.29, 0.717) is 0 Å². The predicted octanol–water partition coefficient (Wildman–Crippen LogP) is 11.0. The Morgan fingerprint density at radius 2 is 1.19 bits per heavy atom. The second kappa shape index (κ2) is 7.93. The van der Waals surface area contributed by atoms with E-state index < -0.39 is 0 Å². The lowest BCUT2D eigenvalue weighted by molar-refractivity contribution is 0.660. The molecule has 1 aliphatic carbocycles. The first-order chi connectivity index (χ1) is 21.1. The molecule has 2 heterocycles. The van der Waals surface area contributed by atoms with Gasteiger partial charge in [0.15, 0.2) is 0 Å². The smallest absolute Gasteiger partial charge is 0.0619 e. The van der Waals surface area contributed by atoms with Crippen molar-refractivity contribution < 1.29 is 0 Å². The van der Waals surface area contributed by atoms with Crippen LogP contribution in [-0.4, -0.2) is 9.55 Å². The van der Waals surface area contributed by atoms with Crippen molar-refractivity contribution in [3.63, 3.8) is 0 Å². The second-order valence-corrected chi connectivity index (χ2v) is 12.6. The number of aromatic nitrogens is 2. The third-order valence-corrected chi connectivity index (χ3v) is 10.1. The minimum absolute atomic E-state index is 0.0637. The maximum absolute atomic E-state index is 3.76. The van der Waals surface area contributed by atoms with Gasteiger partial charge in [0.2, 0.25) is 0 Å². The van der Waals surface area contributed by atoms with Crippen LogP contribution in [0, 0.1) is 0 Å². The minimum atomic E-state index is -0.0637. The molecule has 0 spiro atoms. The van der Waals surface area contributed by atoms with Crippen LogP contribution >= 0.6 is 0 Å². The molecule has 202 valence electrons. The fraction of sp³-hybridized carbons (Fsp3) is 0.0732. The number of nitrogens with one attached hydrogen (secondary N) is 1. The Bertz CT molecular complexity index is 2640. The standard InChI is InChI=1S/C41H28N2/c1-41(2)32-14-8-7-13-29(32)30-19-17-26(23-33(30)41)43-36-22-21-35-39(37-27-11-5-3-9-24(27)16-20-34(37)42-35)38(36)31-18-15-25-10-4-6-12-28(25)40(31)43/h3-23,42H,1-2H3. The molecular formula is C41H28N2. The van der Waals surface area contributed by atoms with E-state index in [9.17, 15) is 0 Å². The van der Waals surface area contributed by atoms with Crippen molar-refractivity contribution in [2.45, 2.75) is 19.3 Å². The fourth-order valence-electron chi connectivity index (χ4n) is 8.12. The number of rotatable bonds is 1. The van der Waals surface area contributed by atoms with Gasteiger partial charge in [-0.1, -0.05) is 111 Å². The third-order valence-electron chi connectivity index (χ3n) is 10.1. The van der Waals surface area contributed by atoms with Gasteiger partial charge in [0.1, 0.15) is 0 Å². The summed E-state index contributed by atoms with van der Waals surface area (Å²) in [6.07, 6.45) is 0. The van der Waals surface area contributed by atoms with Gasteiger partial charge in [0.05, 0.1) is 11.0 Å². The Morgan fingerprint density at radius 1 is 0.512 bits per heavy atom. The highest BCUT2D eigenvalue weighted by molar-refractivity contribution is 6.34. The number of nitrogens with zero attached hydrogens (tertiary/aromatic N) is 1. The summed E-state index contributed by atoms with van der Waals surface area (Å²) in [5.74, 6) is 0. The van der Waals surface area contributed by atoms with Crippen molar-refractivity contribution in [1.82, 2.24) is 9.55 Å². The molecular weight excluding hydrogens is 520 g/mol. The highest BCUT2D eigenvalue weighted by Crippen LogP contribution is 2.50. The zero-order chi connectivity index (χ0) is 28.4. The SMILES string of the molecule is CC1(C)c2ccccc2-c2ccc(-n3c4ccc5[nH]c6ccc7ccccc7c6c5c4c4ccc5ccccc5c43)cc21. The zero-order valence-corrected chi connectivity index (χ0v) is 24.1. The number of H-pyrrole nitrogens is 1. The molecule has 0 atom stereocenters. The molecule has 9 aromatic rings. The lowest BCUT2D eigenvalue weighted by Gasteiger charge is -2.22. The van der Waals surface area contributed by atoms with Gasteiger partial charge >= 0.3 is 0 Å². The first-order valence-electron chi connectivity index (χ1n) is 15.1. The zero-order valence-electron chi connectivity index (χ0n) is 24.1. The van der Waals surface area contributed by atoms with Crippen molar-refractivity contribution in [3.05, 3.63) is 139 Å². The summed E-state index contributed by atoms with van der Waals surface area (Å²) in [6.45, 7) is 4.73. The average molecular weight is 549 g/mol. The van der Waals surface area contributed by atoms with Crippen LogP contribution in [0.1, 0.15) is 25.0 Å². The van der Waals surface area contributed by atoms with Crippen LogP contribution in [0.4, 0.5) is 0 Å². The minimum Gasteiger partial charge on any atom is -0.354 e. The maximum atomic E-state index is 3.76. The van der Waals surface area contributed by atoms with Gasteiger partial charge < -0.3 is 9.55 Å². The van der Waals surface area contributed by atoms with Crippen molar-refractivity contribution >= 4 is 65.2 Å². The molecule has 0 amide bonds. The van der Waals surface area contributed by atoms with E-state index in [-0.39, 0.29) is 5.41 Å². The Kier molecular flexibility index (Phi) is 4.29. The Hall–Kier alpha value is -5.34. The molecule has 1 aliphatic rings. The van der Waals surface area contributed by atoms with Crippen LogP contribution < -0.4 is 0 Å². The monoisotopic (exact) mass is 548 g/mol. The lowest BCUT2D eigenvalue weighted by atomic mass is 9.82. The molecule has 0 saturated heterocycles. The van der Waals surface area contributed by atoms with E-state index in [4.69, 9.17) is 0 Å². The normalized spacial score (nSPS) is 14.0. The van der Waals surface area contributed by atoms with Crippen LogP contribution in [0.2, 0.25) is 0 Å². The molecule has 2 heteroatoms. The lowest BCUT2D eigenvalue weighted by Crippen LogP contribution is -2.15. The summed E-state index contributed by atoms with van der Waals surface area (Å²) >= 11 is 0. The highest BCUT2D eigenvalue weighted by Gasteiger charge is 2.35. The molecule has 0 radical (unpaired) electrons. The van der Waals surface area contributed by atoms with Crippen molar-refractivity contribution in [2.75, 3.05) is 0 Å². The van der Waals surface area contributed by atoms with Crippen LogP contribution in [-0.2, 0) is 5.41 Å².